The number of aromatic nitrogens is 1. The summed E-state index contributed by atoms with van der Waals surface area (Å²) in [6.07, 6.45) is 0. The van der Waals surface area contributed by atoms with Crippen molar-refractivity contribution in [1.82, 2.24) is 5.16 Å². The molecule has 0 fully saturated rings. The van der Waals surface area contributed by atoms with Gasteiger partial charge in [-0.15, -0.1) is 0 Å². The molecule has 0 aliphatic carbocycles. The molecule has 0 atom stereocenters. The number of nitrogens with zero attached hydrogens (tertiary/aromatic N) is 1. The third-order valence-electron chi connectivity index (χ3n) is 2.93. The zero-order valence-corrected chi connectivity index (χ0v) is 11.1. The first-order valence-corrected chi connectivity index (χ1v) is 6.30. The number of anilines is 1. The monoisotopic (exact) mass is 288 g/mol. The summed E-state index contributed by atoms with van der Waals surface area (Å²) < 4.78 is 18.4. The van der Waals surface area contributed by atoms with Crippen LogP contribution in [0.15, 0.2) is 53.1 Å². The van der Waals surface area contributed by atoms with Crippen LogP contribution in [0.2, 0.25) is 5.02 Å². The van der Waals surface area contributed by atoms with E-state index in [9.17, 15) is 4.39 Å². The SMILES string of the molecule is Nc1onc(-c2cccc(F)c2)c1-c1cccc(Cl)c1. The molecule has 0 saturated carbocycles. The standard InChI is InChI=1S/C15H10ClFN2O/c16-11-5-1-3-9(7-11)13-14(19-20-15(13)18)10-4-2-6-12(17)8-10/h1-8H,18H2. The van der Waals surface area contributed by atoms with E-state index in [4.69, 9.17) is 21.9 Å². The van der Waals surface area contributed by atoms with Gasteiger partial charge in [0.2, 0.25) is 5.88 Å². The third kappa shape index (κ3) is 2.26. The lowest BCUT2D eigenvalue weighted by Gasteiger charge is -2.03. The molecule has 3 rings (SSSR count). The van der Waals surface area contributed by atoms with E-state index in [-0.39, 0.29) is 11.7 Å². The van der Waals surface area contributed by atoms with Crippen LogP contribution in [0.25, 0.3) is 22.4 Å². The fourth-order valence-electron chi connectivity index (χ4n) is 2.06. The molecule has 2 aromatic carbocycles. The zero-order valence-electron chi connectivity index (χ0n) is 10.3. The van der Waals surface area contributed by atoms with Crippen LogP contribution in [0.4, 0.5) is 10.3 Å². The summed E-state index contributed by atoms with van der Waals surface area (Å²) in [4.78, 5) is 0. The van der Waals surface area contributed by atoms with Gasteiger partial charge in [-0.1, -0.05) is 41.0 Å². The third-order valence-corrected chi connectivity index (χ3v) is 3.16. The molecule has 0 saturated heterocycles. The minimum absolute atomic E-state index is 0.173. The molecule has 5 heteroatoms. The van der Waals surface area contributed by atoms with Gasteiger partial charge in [-0.2, -0.15) is 0 Å². The first-order valence-electron chi connectivity index (χ1n) is 5.92. The molecule has 0 amide bonds. The number of hydrogen-bond acceptors (Lipinski definition) is 3. The van der Waals surface area contributed by atoms with Crippen molar-refractivity contribution in [2.45, 2.75) is 0 Å². The second-order valence-electron chi connectivity index (χ2n) is 4.29. The van der Waals surface area contributed by atoms with E-state index in [1.54, 1.807) is 30.3 Å². The maximum absolute atomic E-state index is 13.3. The Morgan fingerprint density at radius 3 is 2.55 bits per heavy atom. The quantitative estimate of drug-likeness (QED) is 0.761. The van der Waals surface area contributed by atoms with Crippen LogP contribution in [0.5, 0.6) is 0 Å². The van der Waals surface area contributed by atoms with Crippen molar-refractivity contribution in [1.29, 1.82) is 0 Å². The molecule has 0 bridgehead atoms. The van der Waals surface area contributed by atoms with Crippen molar-refractivity contribution in [2.75, 3.05) is 5.73 Å². The van der Waals surface area contributed by atoms with E-state index in [0.29, 0.717) is 21.8 Å². The second-order valence-corrected chi connectivity index (χ2v) is 4.73. The molecular weight excluding hydrogens is 279 g/mol. The highest BCUT2D eigenvalue weighted by Crippen LogP contribution is 2.37. The molecule has 20 heavy (non-hydrogen) atoms. The number of nitrogen functional groups attached to an aromatic ring is 1. The molecule has 0 radical (unpaired) electrons. The number of halogens is 2. The van der Waals surface area contributed by atoms with Crippen molar-refractivity contribution in [3.05, 3.63) is 59.4 Å². The van der Waals surface area contributed by atoms with Crippen molar-refractivity contribution in [3.63, 3.8) is 0 Å². The Morgan fingerprint density at radius 2 is 1.80 bits per heavy atom. The molecule has 3 nitrogen and oxygen atoms in total. The van der Waals surface area contributed by atoms with Gasteiger partial charge in [0, 0.05) is 10.6 Å². The predicted molar refractivity (Wildman–Crippen MR) is 76.8 cm³/mol. The normalized spacial score (nSPS) is 10.7. The van der Waals surface area contributed by atoms with Crippen LogP contribution < -0.4 is 5.73 Å². The van der Waals surface area contributed by atoms with E-state index in [1.165, 1.54) is 12.1 Å². The van der Waals surface area contributed by atoms with Gasteiger partial charge in [0.1, 0.15) is 11.5 Å². The van der Waals surface area contributed by atoms with E-state index >= 15 is 0 Å². The summed E-state index contributed by atoms with van der Waals surface area (Å²) in [7, 11) is 0. The summed E-state index contributed by atoms with van der Waals surface area (Å²) in [6.45, 7) is 0. The van der Waals surface area contributed by atoms with Gasteiger partial charge in [-0.3, -0.25) is 0 Å². The first kappa shape index (κ1) is 12.7. The average Bonchev–Trinajstić information content (AvgIpc) is 2.80. The second kappa shape index (κ2) is 4.98. The van der Waals surface area contributed by atoms with Crippen LogP contribution in [0.1, 0.15) is 0 Å². The number of hydrogen-bond donors (Lipinski definition) is 1. The molecule has 0 aliphatic rings. The van der Waals surface area contributed by atoms with Crippen molar-refractivity contribution in [2.24, 2.45) is 0 Å². The molecule has 100 valence electrons. The number of benzene rings is 2. The topological polar surface area (TPSA) is 52.0 Å². The highest BCUT2D eigenvalue weighted by atomic mass is 35.5. The van der Waals surface area contributed by atoms with Crippen LogP contribution >= 0.6 is 11.6 Å². The lowest BCUT2D eigenvalue weighted by Crippen LogP contribution is -1.88. The summed E-state index contributed by atoms with van der Waals surface area (Å²) in [6, 6.07) is 13.3. The Balaban J connectivity index is 2.20. The molecule has 0 spiro atoms. The number of nitrogens with two attached hydrogens (primary N) is 1. The van der Waals surface area contributed by atoms with Crippen LogP contribution in [0, 0.1) is 5.82 Å². The molecule has 0 unspecified atom stereocenters. The Labute approximate surface area is 119 Å². The first-order chi connectivity index (χ1) is 9.65. The Morgan fingerprint density at radius 1 is 1.05 bits per heavy atom. The molecule has 3 aromatic rings. The summed E-state index contributed by atoms with van der Waals surface area (Å²) in [5.74, 6) is -0.173. The molecule has 2 N–H and O–H groups in total. The van der Waals surface area contributed by atoms with Crippen molar-refractivity contribution >= 4 is 17.5 Å². The van der Waals surface area contributed by atoms with Crippen molar-refractivity contribution < 1.29 is 8.91 Å². The molecule has 1 aromatic heterocycles. The van der Waals surface area contributed by atoms with Gasteiger partial charge in [0.05, 0.1) is 5.56 Å². The highest BCUT2D eigenvalue weighted by Gasteiger charge is 2.17. The van der Waals surface area contributed by atoms with Crippen LogP contribution in [-0.2, 0) is 0 Å². The fraction of sp³-hybridized carbons (Fsp3) is 0. The summed E-state index contributed by atoms with van der Waals surface area (Å²) in [5, 5.41) is 4.50. The van der Waals surface area contributed by atoms with Gasteiger partial charge in [0.25, 0.3) is 0 Å². The minimum Gasteiger partial charge on any atom is -0.367 e. The minimum atomic E-state index is -0.346. The Hall–Kier alpha value is -2.33. The van der Waals surface area contributed by atoms with Crippen molar-refractivity contribution in [3.8, 4) is 22.4 Å². The van der Waals surface area contributed by atoms with Gasteiger partial charge >= 0.3 is 0 Å². The summed E-state index contributed by atoms with van der Waals surface area (Å²) in [5.41, 5.74) is 8.30. The molecular formula is C15H10ClFN2O. The highest BCUT2D eigenvalue weighted by molar-refractivity contribution is 6.30. The maximum atomic E-state index is 13.3. The van der Waals surface area contributed by atoms with E-state index in [2.05, 4.69) is 5.16 Å². The fourth-order valence-corrected chi connectivity index (χ4v) is 2.25. The maximum Gasteiger partial charge on any atom is 0.230 e. The van der Waals surface area contributed by atoms with E-state index < -0.39 is 0 Å². The van der Waals surface area contributed by atoms with Crippen LogP contribution in [-0.4, -0.2) is 5.16 Å². The molecule has 1 heterocycles. The number of rotatable bonds is 2. The zero-order chi connectivity index (χ0) is 14.1. The average molecular weight is 289 g/mol. The molecule has 0 aliphatic heterocycles. The van der Waals surface area contributed by atoms with Gasteiger partial charge < -0.3 is 10.3 Å². The lowest BCUT2D eigenvalue weighted by molar-refractivity contribution is 0.439. The van der Waals surface area contributed by atoms with Crippen LogP contribution in [0.3, 0.4) is 0 Å². The van der Waals surface area contributed by atoms with Gasteiger partial charge in [0.15, 0.2) is 0 Å². The van der Waals surface area contributed by atoms with E-state index in [0.717, 1.165) is 5.56 Å². The Bertz CT molecular complexity index is 770. The van der Waals surface area contributed by atoms with Gasteiger partial charge in [-0.25, -0.2) is 4.39 Å². The largest absolute Gasteiger partial charge is 0.367 e. The smallest absolute Gasteiger partial charge is 0.230 e. The Kier molecular flexibility index (Phi) is 3.16. The van der Waals surface area contributed by atoms with Gasteiger partial charge in [-0.05, 0) is 29.8 Å². The van der Waals surface area contributed by atoms with E-state index in [1.807, 2.05) is 6.07 Å². The summed E-state index contributed by atoms with van der Waals surface area (Å²) >= 11 is 5.99. The lowest BCUT2D eigenvalue weighted by atomic mass is 10.0. The predicted octanol–water partition coefficient (Wildman–Crippen LogP) is 4.38.